The van der Waals surface area contributed by atoms with Gasteiger partial charge in [0.1, 0.15) is 0 Å². The van der Waals surface area contributed by atoms with Crippen LogP contribution in [0.2, 0.25) is 0 Å². The molecule has 2 N–H and O–H groups in total. The van der Waals surface area contributed by atoms with Crippen LogP contribution in [0.1, 0.15) is 23.6 Å². The number of nitrogens with one attached hydrogen (secondary N) is 1. The molecule has 0 fully saturated rings. The predicted molar refractivity (Wildman–Crippen MR) is 66.9 cm³/mol. The van der Waals surface area contributed by atoms with Gasteiger partial charge in [0.2, 0.25) is 5.91 Å². The highest BCUT2D eigenvalue weighted by Gasteiger charge is 2.05. The average Bonchev–Trinajstić information content (AvgIpc) is 2.19. The van der Waals surface area contributed by atoms with E-state index in [9.17, 15) is 9.59 Å². The van der Waals surface area contributed by atoms with E-state index >= 15 is 0 Å². The fraction of sp³-hybridized carbons (Fsp3) is 0.231. The van der Waals surface area contributed by atoms with Gasteiger partial charge in [-0.2, -0.15) is 0 Å². The molecule has 0 aliphatic rings. The molecule has 0 atom stereocenters. The fourth-order valence-electron chi connectivity index (χ4n) is 1.54. The van der Waals surface area contributed by atoms with Crippen LogP contribution in [0.4, 0.5) is 5.69 Å². The summed E-state index contributed by atoms with van der Waals surface area (Å²) in [6, 6.07) is 3.73. The lowest BCUT2D eigenvalue weighted by Crippen LogP contribution is -2.08. The fourth-order valence-corrected chi connectivity index (χ4v) is 1.54. The van der Waals surface area contributed by atoms with Gasteiger partial charge in [-0.25, -0.2) is 4.79 Å². The summed E-state index contributed by atoms with van der Waals surface area (Å²) in [6.45, 7) is 5.17. The molecule has 1 aromatic rings. The van der Waals surface area contributed by atoms with Crippen molar-refractivity contribution >= 4 is 23.6 Å². The van der Waals surface area contributed by atoms with Crippen molar-refractivity contribution in [1.29, 1.82) is 0 Å². The van der Waals surface area contributed by atoms with Crippen LogP contribution >= 0.6 is 0 Å². The summed E-state index contributed by atoms with van der Waals surface area (Å²) >= 11 is 0. The zero-order valence-electron chi connectivity index (χ0n) is 10.1. The Morgan fingerprint density at radius 2 is 1.94 bits per heavy atom. The number of carboxylic acid groups (broad SMARTS) is 1. The van der Waals surface area contributed by atoms with E-state index in [0.29, 0.717) is 5.69 Å². The molecule has 0 aromatic heterocycles. The molecular formula is C13H15NO3. The number of hydrogen-bond acceptors (Lipinski definition) is 2. The molecule has 0 radical (unpaired) electrons. The third-order valence-electron chi connectivity index (χ3n) is 2.31. The van der Waals surface area contributed by atoms with Crippen LogP contribution in [0.5, 0.6) is 0 Å². The first-order chi connectivity index (χ1) is 7.90. The van der Waals surface area contributed by atoms with Crippen molar-refractivity contribution in [2.75, 3.05) is 5.32 Å². The van der Waals surface area contributed by atoms with Crippen LogP contribution in [-0.2, 0) is 9.59 Å². The summed E-state index contributed by atoms with van der Waals surface area (Å²) in [5.41, 5.74) is 3.31. The second kappa shape index (κ2) is 5.30. The third-order valence-corrected chi connectivity index (χ3v) is 2.31. The number of rotatable bonds is 3. The summed E-state index contributed by atoms with van der Waals surface area (Å²) in [4.78, 5) is 21.5. The Morgan fingerprint density at radius 1 is 1.29 bits per heavy atom. The molecule has 90 valence electrons. The molecule has 4 heteroatoms. The Kier molecular flexibility index (Phi) is 4.04. The second-order valence-corrected chi connectivity index (χ2v) is 3.88. The van der Waals surface area contributed by atoms with Gasteiger partial charge in [0.25, 0.3) is 0 Å². The van der Waals surface area contributed by atoms with Gasteiger partial charge < -0.3 is 10.4 Å². The molecule has 0 aliphatic heterocycles. The van der Waals surface area contributed by atoms with Gasteiger partial charge >= 0.3 is 5.97 Å². The summed E-state index contributed by atoms with van der Waals surface area (Å²) in [6.07, 6.45) is 2.61. The minimum atomic E-state index is -0.994. The zero-order valence-corrected chi connectivity index (χ0v) is 10.1. The lowest BCUT2D eigenvalue weighted by molar-refractivity contribution is -0.131. The van der Waals surface area contributed by atoms with Gasteiger partial charge in [-0.05, 0) is 42.7 Å². The lowest BCUT2D eigenvalue weighted by atomic mass is 10.0. The van der Waals surface area contributed by atoms with Crippen LogP contribution < -0.4 is 5.32 Å². The van der Waals surface area contributed by atoms with E-state index in [1.807, 2.05) is 26.0 Å². The SMILES string of the molecule is CC(=O)Nc1cc(C)cc(/C=C/C(=O)O)c1C. The van der Waals surface area contributed by atoms with Crippen molar-refractivity contribution in [1.82, 2.24) is 0 Å². The Balaban J connectivity index is 3.18. The van der Waals surface area contributed by atoms with Gasteiger partial charge in [-0.3, -0.25) is 4.79 Å². The minimum absolute atomic E-state index is 0.146. The van der Waals surface area contributed by atoms with E-state index in [0.717, 1.165) is 22.8 Å². The van der Waals surface area contributed by atoms with Gasteiger partial charge in [0.15, 0.2) is 0 Å². The van der Waals surface area contributed by atoms with Crippen molar-refractivity contribution in [3.63, 3.8) is 0 Å². The van der Waals surface area contributed by atoms with Crippen LogP contribution in [0.15, 0.2) is 18.2 Å². The molecular weight excluding hydrogens is 218 g/mol. The van der Waals surface area contributed by atoms with Crippen LogP contribution in [-0.4, -0.2) is 17.0 Å². The summed E-state index contributed by atoms with van der Waals surface area (Å²) in [7, 11) is 0. The first kappa shape index (κ1) is 13.0. The summed E-state index contributed by atoms with van der Waals surface area (Å²) < 4.78 is 0. The van der Waals surface area contributed by atoms with E-state index in [2.05, 4.69) is 5.32 Å². The summed E-state index contributed by atoms with van der Waals surface area (Å²) in [5, 5.41) is 11.3. The number of aliphatic carboxylic acids is 1. The number of benzene rings is 1. The Hall–Kier alpha value is -2.10. The van der Waals surface area contributed by atoms with Crippen molar-refractivity contribution in [2.45, 2.75) is 20.8 Å². The predicted octanol–water partition coefficient (Wildman–Crippen LogP) is 2.36. The van der Waals surface area contributed by atoms with Gasteiger partial charge in [0, 0.05) is 18.7 Å². The molecule has 4 nitrogen and oxygen atoms in total. The van der Waals surface area contributed by atoms with Crippen molar-refractivity contribution in [3.05, 3.63) is 34.9 Å². The highest BCUT2D eigenvalue weighted by Crippen LogP contribution is 2.22. The van der Waals surface area contributed by atoms with E-state index in [4.69, 9.17) is 5.11 Å². The second-order valence-electron chi connectivity index (χ2n) is 3.88. The number of carbonyl (C=O) groups is 2. The Labute approximate surface area is 100.0 Å². The van der Waals surface area contributed by atoms with Crippen LogP contribution in [0.25, 0.3) is 6.08 Å². The first-order valence-electron chi connectivity index (χ1n) is 5.20. The maximum Gasteiger partial charge on any atom is 0.328 e. The normalized spacial score (nSPS) is 10.5. The molecule has 0 saturated heterocycles. The molecule has 0 heterocycles. The topological polar surface area (TPSA) is 66.4 Å². The quantitative estimate of drug-likeness (QED) is 0.787. The first-order valence-corrected chi connectivity index (χ1v) is 5.20. The number of carbonyl (C=O) groups excluding carboxylic acids is 1. The molecule has 0 saturated carbocycles. The molecule has 1 aromatic carbocycles. The number of hydrogen-bond donors (Lipinski definition) is 2. The molecule has 0 bridgehead atoms. The third kappa shape index (κ3) is 3.75. The van der Waals surface area contributed by atoms with Crippen LogP contribution in [0.3, 0.4) is 0 Å². The standard InChI is InChI=1S/C13H15NO3/c1-8-6-11(4-5-13(16)17)9(2)12(7-8)14-10(3)15/h4-7H,1-3H3,(H,14,15)(H,16,17)/b5-4+. The minimum Gasteiger partial charge on any atom is -0.478 e. The molecule has 1 rings (SSSR count). The molecule has 0 unspecified atom stereocenters. The number of anilines is 1. The van der Waals surface area contributed by atoms with E-state index in [-0.39, 0.29) is 5.91 Å². The number of amides is 1. The maximum absolute atomic E-state index is 11.0. The molecule has 1 amide bonds. The van der Waals surface area contributed by atoms with Gasteiger partial charge in [0.05, 0.1) is 0 Å². The van der Waals surface area contributed by atoms with Crippen molar-refractivity contribution < 1.29 is 14.7 Å². The van der Waals surface area contributed by atoms with Gasteiger partial charge in [-0.1, -0.05) is 6.07 Å². The smallest absolute Gasteiger partial charge is 0.328 e. The largest absolute Gasteiger partial charge is 0.478 e. The van der Waals surface area contributed by atoms with Crippen molar-refractivity contribution in [2.24, 2.45) is 0 Å². The Bertz CT molecular complexity index is 490. The molecule has 0 spiro atoms. The van der Waals surface area contributed by atoms with Gasteiger partial charge in [-0.15, -0.1) is 0 Å². The molecule has 17 heavy (non-hydrogen) atoms. The van der Waals surface area contributed by atoms with Crippen LogP contribution in [0, 0.1) is 13.8 Å². The zero-order chi connectivity index (χ0) is 13.0. The van der Waals surface area contributed by atoms with Crippen molar-refractivity contribution in [3.8, 4) is 0 Å². The number of carboxylic acids is 1. The Morgan fingerprint density at radius 3 is 2.47 bits per heavy atom. The highest BCUT2D eigenvalue weighted by atomic mass is 16.4. The maximum atomic E-state index is 11.0. The summed E-state index contributed by atoms with van der Waals surface area (Å²) in [5.74, 6) is -1.14. The average molecular weight is 233 g/mol. The molecule has 0 aliphatic carbocycles. The van der Waals surface area contributed by atoms with E-state index in [1.165, 1.54) is 13.0 Å². The van der Waals surface area contributed by atoms with E-state index < -0.39 is 5.97 Å². The lowest BCUT2D eigenvalue weighted by Gasteiger charge is -2.10. The highest BCUT2D eigenvalue weighted by molar-refractivity contribution is 5.91. The number of aryl methyl sites for hydroxylation is 1. The van der Waals surface area contributed by atoms with E-state index in [1.54, 1.807) is 0 Å². The monoisotopic (exact) mass is 233 g/mol.